The Bertz CT molecular complexity index is 833. The number of ether oxygens (including phenoxy) is 4. The molecule has 2 aromatic rings. The van der Waals surface area contributed by atoms with Gasteiger partial charge >= 0.3 is 0 Å². The number of hydrogen-bond acceptors (Lipinski definition) is 7. The monoisotopic (exact) mass is 439 g/mol. The summed E-state index contributed by atoms with van der Waals surface area (Å²) >= 11 is 8.22. The molecule has 158 valence electrons. The number of ketones is 1. The van der Waals surface area contributed by atoms with Gasteiger partial charge in [0.15, 0.2) is 17.3 Å². The van der Waals surface area contributed by atoms with Crippen molar-refractivity contribution in [3.05, 3.63) is 47.5 Å². The quantitative estimate of drug-likeness (QED) is 0.419. The molecular formula is C21H26ClNO5S. The molecule has 2 N–H and O–H groups in total. The summed E-state index contributed by atoms with van der Waals surface area (Å²) in [6.07, 6.45) is 0. The number of thioether (sulfide) groups is 1. The average Bonchev–Trinajstić information content (AvgIpc) is 2.77. The molecule has 0 radical (unpaired) electrons. The Morgan fingerprint density at radius 2 is 1.66 bits per heavy atom. The number of alkyl halides is 1. The zero-order valence-electron chi connectivity index (χ0n) is 16.9. The lowest BCUT2D eigenvalue weighted by Crippen LogP contribution is -2.23. The molecule has 0 fully saturated rings. The Morgan fingerprint density at radius 1 is 0.966 bits per heavy atom. The van der Waals surface area contributed by atoms with Gasteiger partial charge in [0.1, 0.15) is 16.9 Å². The predicted molar refractivity (Wildman–Crippen MR) is 117 cm³/mol. The maximum Gasteiger partial charge on any atom is 0.185 e. The fourth-order valence-electron chi connectivity index (χ4n) is 2.86. The van der Waals surface area contributed by atoms with Crippen molar-refractivity contribution in [2.45, 2.75) is 10.6 Å². The third-order valence-corrected chi connectivity index (χ3v) is 6.32. The van der Waals surface area contributed by atoms with E-state index in [4.69, 9.17) is 36.3 Å². The van der Waals surface area contributed by atoms with E-state index < -0.39 is 5.38 Å². The van der Waals surface area contributed by atoms with Gasteiger partial charge in [-0.05, 0) is 29.8 Å². The van der Waals surface area contributed by atoms with Crippen LogP contribution in [0.1, 0.15) is 21.2 Å². The van der Waals surface area contributed by atoms with Crippen molar-refractivity contribution in [1.29, 1.82) is 0 Å². The molecule has 0 heterocycles. The maximum atomic E-state index is 13.2. The summed E-state index contributed by atoms with van der Waals surface area (Å²) in [6, 6.07) is 10.5. The molecule has 0 saturated heterocycles. The zero-order chi connectivity index (χ0) is 21.4. The second-order valence-corrected chi connectivity index (χ2v) is 7.75. The lowest BCUT2D eigenvalue weighted by atomic mass is 10.0. The number of hydrogen-bond donors (Lipinski definition) is 1. The van der Waals surface area contributed by atoms with Crippen molar-refractivity contribution in [2.75, 3.05) is 40.7 Å². The molecule has 2 atom stereocenters. The molecule has 0 aliphatic heterocycles. The summed E-state index contributed by atoms with van der Waals surface area (Å²) in [7, 11) is 6.19. The summed E-state index contributed by atoms with van der Waals surface area (Å²) in [5.74, 6) is 2.59. The standard InChI is InChI=1S/C21H26ClNO5S/c1-25-14-6-7-15(17(12-14)27-3)20(24)19(22)21(29-10-9-23)13-5-8-16(26-2)18(11-13)28-4/h5-8,11-12,19,21H,9-10,23H2,1-4H3. The van der Waals surface area contributed by atoms with Gasteiger partial charge in [0.05, 0.1) is 39.3 Å². The first-order chi connectivity index (χ1) is 14.0. The number of benzene rings is 2. The molecule has 8 heteroatoms. The highest BCUT2D eigenvalue weighted by Gasteiger charge is 2.31. The van der Waals surface area contributed by atoms with Gasteiger partial charge in [0.2, 0.25) is 0 Å². The van der Waals surface area contributed by atoms with Crippen molar-refractivity contribution in [2.24, 2.45) is 5.73 Å². The van der Waals surface area contributed by atoms with Crippen molar-refractivity contribution in [3.63, 3.8) is 0 Å². The smallest absolute Gasteiger partial charge is 0.185 e. The highest BCUT2D eigenvalue weighted by atomic mass is 35.5. The van der Waals surface area contributed by atoms with Gasteiger partial charge in [-0.25, -0.2) is 0 Å². The van der Waals surface area contributed by atoms with Crippen LogP contribution in [0.4, 0.5) is 0 Å². The van der Waals surface area contributed by atoms with Gasteiger partial charge < -0.3 is 24.7 Å². The number of Topliss-reactive ketones (excluding diaryl/α,β-unsaturated/α-hetero) is 1. The molecule has 6 nitrogen and oxygen atoms in total. The molecule has 0 aliphatic rings. The van der Waals surface area contributed by atoms with E-state index in [9.17, 15) is 4.79 Å². The normalized spacial score (nSPS) is 12.8. The van der Waals surface area contributed by atoms with E-state index in [0.29, 0.717) is 40.9 Å². The zero-order valence-corrected chi connectivity index (χ0v) is 18.5. The molecule has 0 bridgehead atoms. The number of halogens is 1. The number of nitrogens with two attached hydrogens (primary N) is 1. The van der Waals surface area contributed by atoms with Gasteiger partial charge in [-0.15, -0.1) is 11.6 Å². The number of methoxy groups -OCH3 is 4. The summed E-state index contributed by atoms with van der Waals surface area (Å²) in [5.41, 5.74) is 6.94. The van der Waals surface area contributed by atoms with Gasteiger partial charge in [-0.3, -0.25) is 4.79 Å². The second kappa shape index (κ2) is 11.2. The molecule has 0 aromatic heterocycles. The van der Waals surface area contributed by atoms with Crippen LogP contribution in [0.5, 0.6) is 23.0 Å². The fraction of sp³-hybridized carbons (Fsp3) is 0.381. The minimum absolute atomic E-state index is 0.240. The first-order valence-electron chi connectivity index (χ1n) is 8.94. The maximum absolute atomic E-state index is 13.2. The summed E-state index contributed by atoms with van der Waals surface area (Å²) in [5, 5.41) is -1.17. The van der Waals surface area contributed by atoms with E-state index in [2.05, 4.69) is 0 Å². The van der Waals surface area contributed by atoms with Crippen LogP contribution in [0.15, 0.2) is 36.4 Å². The summed E-state index contributed by atoms with van der Waals surface area (Å²) in [6.45, 7) is 0.470. The second-order valence-electron chi connectivity index (χ2n) is 6.03. The van der Waals surface area contributed by atoms with E-state index in [1.54, 1.807) is 45.6 Å². The van der Waals surface area contributed by atoms with E-state index in [1.807, 2.05) is 12.1 Å². The molecule has 29 heavy (non-hydrogen) atoms. The van der Waals surface area contributed by atoms with Gasteiger partial charge in [-0.1, -0.05) is 6.07 Å². The first kappa shape index (κ1) is 23.2. The van der Waals surface area contributed by atoms with Crippen LogP contribution in [0.25, 0.3) is 0 Å². The van der Waals surface area contributed by atoms with Crippen molar-refractivity contribution < 1.29 is 23.7 Å². The molecule has 0 amide bonds. The van der Waals surface area contributed by atoms with E-state index in [-0.39, 0.29) is 11.0 Å². The lowest BCUT2D eigenvalue weighted by Gasteiger charge is -2.23. The first-order valence-corrected chi connectivity index (χ1v) is 10.4. The van der Waals surface area contributed by atoms with Crippen molar-refractivity contribution in [1.82, 2.24) is 0 Å². The Morgan fingerprint density at radius 3 is 2.24 bits per heavy atom. The Labute approximate surface area is 180 Å². The highest BCUT2D eigenvalue weighted by Crippen LogP contribution is 2.41. The number of rotatable bonds is 11. The number of carbonyl (C=O) groups is 1. The molecule has 2 unspecified atom stereocenters. The van der Waals surface area contributed by atoms with Gasteiger partial charge in [0, 0.05) is 18.4 Å². The predicted octanol–water partition coefficient (Wildman–Crippen LogP) is 3.94. The van der Waals surface area contributed by atoms with Gasteiger partial charge in [0.25, 0.3) is 0 Å². The third kappa shape index (κ3) is 5.50. The fourth-order valence-corrected chi connectivity index (χ4v) is 4.37. The third-order valence-electron chi connectivity index (χ3n) is 4.34. The highest BCUT2D eigenvalue weighted by molar-refractivity contribution is 7.99. The van der Waals surface area contributed by atoms with Crippen LogP contribution in [0.3, 0.4) is 0 Å². The van der Waals surface area contributed by atoms with Crippen LogP contribution in [-0.4, -0.2) is 51.9 Å². The van der Waals surface area contributed by atoms with Crippen LogP contribution in [-0.2, 0) is 0 Å². The van der Waals surface area contributed by atoms with Crippen LogP contribution < -0.4 is 24.7 Å². The van der Waals surface area contributed by atoms with Crippen molar-refractivity contribution in [3.8, 4) is 23.0 Å². The van der Waals surface area contributed by atoms with E-state index in [1.165, 1.54) is 18.9 Å². The van der Waals surface area contributed by atoms with E-state index in [0.717, 1.165) is 5.56 Å². The van der Waals surface area contributed by atoms with Crippen molar-refractivity contribution >= 4 is 29.1 Å². The summed E-state index contributed by atoms with van der Waals surface area (Å²) < 4.78 is 21.3. The molecule has 0 aliphatic carbocycles. The summed E-state index contributed by atoms with van der Waals surface area (Å²) in [4.78, 5) is 13.2. The SMILES string of the molecule is COc1ccc(C(=O)C(Cl)C(SCCN)c2ccc(OC)c(OC)c2)c(OC)c1. The largest absolute Gasteiger partial charge is 0.497 e. The van der Waals surface area contributed by atoms with E-state index >= 15 is 0 Å². The van der Waals surface area contributed by atoms with Crippen LogP contribution in [0.2, 0.25) is 0 Å². The van der Waals surface area contributed by atoms with Crippen LogP contribution in [0, 0.1) is 0 Å². The molecular weight excluding hydrogens is 414 g/mol. The Hall–Kier alpha value is -2.09. The topological polar surface area (TPSA) is 80.0 Å². The van der Waals surface area contributed by atoms with Crippen LogP contribution >= 0.6 is 23.4 Å². The average molecular weight is 440 g/mol. The molecule has 0 spiro atoms. The minimum atomic E-state index is -0.841. The number of carbonyl (C=O) groups excluding carboxylic acids is 1. The molecule has 2 aromatic carbocycles. The Kier molecular flexibility index (Phi) is 8.95. The minimum Gasteiger partial charge on any atom is -0.497 e. The lowest BCUT2D eigenvalue weighted by molar-refractivity contribution is 0.0983. The van der Waals surface area contributed by atoms with Gasteiger partial charge in [-0.2, -0.15) is 11.8 Å². The Balaban J connectivity index is 2.41. The molecule has 0 saturated carbocycles. The molecule has 2 rings (SSSR count).